The number of aliphatic carboxylic acids is 1. The predicted molar refractivity (Wildman–Crippen MR) is 162 cm³/mol. The Labute approximate surface area is 268 Å². The Hall–Kier alpha value is -3.09. The van der Waals surface area contributed by atoms with Crippen molar-refractivity contribution in [3.05, 3.63) is 64.2 Å². The van der Waals surface area contributed by atoms with Gasteiger partial charge in [-0.2, -0.15) is 13.2 Å². The van der Waals surface area contributed by atoms with Gasteiger partial charge in [0.2, 0.25) is 5.91 Å². The van der Waals surface area contributed by atoms with E-state index in [0.717, 1.165) is 6.07 Å². The molecule has 1 spiro atoms. The minimum Gasteiger partial charge on any atom is -0.475 e. The van der Waals surface area contributed by atoms with Crippen LogP contribution in [0.3, 0.4) is 0 Å². The van der Waals surface area contributed by atoms with Crippen LogP contribution in [0.25, 0.3) is 0 Å². The molecule has 2 aliphatic heterocycles. The molecule has 0 unspecified atom stereocenters. The minimum absolute atomic E-state index is 0.0155. The monoisotopic (exact) mass is 672 g/mol. The van der Waals surface area contributed by atoms with Crippen LogP contribution in [0.4, 0.5) is 27.6 Å². The standard InChI is InChI=1S/C31H37ClF2N2O3.C2HF3O2/c1-29(2,3)16-24-31(20-9-8-18(32)15-22(20)35-28(31)38)25(19-6-5-7-21(33)26(19)34)27(36-24)23(37)14-17-10-12-30(4,39)13-11-17;3-2(4,5)1(6)7/h5-9,15,17,24-25,27,36,39H,10-14,16H2,1-4H3,(H,35,38);(H,6,7)/t17?,24-,25-,27-,30?,31+;/m0./s1. The first-order valence-electron chi connectivity index (χ1n) is 15.0. The van der Waals surface area contributed by atoms with Crippen molar-refractivity contribution in [2.75, 3.05) is 5.32 Å². The Morgan fingerprint density at radius 1 is 1.07 bits per heavy atom. The summed E-state index contributed by atoms with van der Waals surface area (Å²) in [4.78, 5) is 37.1. The summed E-state index contributed by atoms with van der Waals surface area (Å²) in [5.41, 5.74) is -1.14. The van der Waals surface area contributed by atoms with Crippen molar-refractivity contribution in [3.63, 3.8) is 0 Å². The van der Waals surface area contributed by atoms with E-state index in [1.54, 1.807) is 18.2 Å². The largest absolute Gasteiger partial charge is 0.490 e. The number of halogens is 6. The molecule has 0 radical (unpaired) electrons. The molecule has 252 valence electrons. The molecule has 2 aromatic rings. The second-order valence-corrected chi connectivity index (χ2v) is 14.4. The van der Waals surface area contributed by atoms with E-state index in [0.29, 0.717) is 48.4 Å². The number of Topliss-reactive ketones (excluding diaryl/α,β-unsaturated/α-hetero) is 1. The SMILES string of the molecule is CC(C)(C)C[C@@H]1N[C@@H](C(=O)CC2CCC(C)(O)CC2)[C@H](c2cccc(F)c2F)[C@]12C(=O)Nc1cc(Cl)ccc12.O=C(O)C(F)(F)F. The molecule has 46 heavy (non-hydrogen) atoms. The number of ketones is 1. The molecule has 1 amide bonds. The van der Waals surface area contributed by atoms with Crippen molar-refractivity contribution in [1.29, 1.82) is 0 Å². The van der Waals surface area contributed by atoms with Crippen molar-refractivity contribution in [1.82, 2.24) is 5.32 Å². The highest BCUT2D eigenvalue weighted by molar-refractivity contribution is 6.31. The number of alkyl halides is 3. The topological polar surface area (TPSA) is 116 Å². The van der Waals surface area contributed by atoms with E-state index in [1.165, 1.54) is 12.1 Å². The van der Waals surface area contributed by atoms with Crippen LogP contribution in [0, 0.1) is 23.0 Å². The van der Waals surface area contributed by atoms with Gasteiger partial charge in [-0.25, -0.2) is 13.6 Å². The molecule has 3 aliphatic rings. The fourth-order valence-electron chi connectivity index (χ4n) is 7.12. The molecule has 0 bridgehead atoms. The number of benzene rings is 2. The first-order valence-corrected chi connectivity index (χ1v) is 15.4. The average molecular weight is 673 g/mol. The molecule has 1 aliphatic carbocycles. The van der Waals surface area contributed by atoms with Crippen molar-refractivity contribution in [3.8, 4) is 0 Å². The van der Waals surface area contributed by atoms with Gasteiger partial charge < -0.3 is 20.8 Å². The van der Waals surface area contributed by atoms with Crippen LogP contribution >= 0.6 is 11.6 Å². The molecular formula is C33H38ClF5N2O5. The second kappa shape index (κ2) is 12.8. The number of carbonyl (C=O) groups is 3. The number of carbonyl (C=O) groups excluding carboxylic acids is 2. The molecule has 0 aromatic heterocycles. The van der Waals surface area contributed by atoms with Crippen LogP contribution in [-0.2, 0) is 19.8 Å². The summed E-state index contributed by atoms with van der Waals surface area (Å²) in [5.74, 6) is -6.17. The molecule has 4 N–H and O–H groups in total. The first-order chi connectivity index (χ1) is 21.2. The van der Waals surface area contributed by atoms with E-state index in [9.17, 15) is 32.3 Å². The summed E-state index contributed by atoms with van der Waals surface area (Å²) in [6.07, 6.45) is -1.68. The minimum atomic E-state index is -5.08. The zero-order valence-electron chi connectivity index (χ0n) is 25.9. The molecule has 4 atom stereocenters. The molecule has 7 nitrogen and oxygen atoms in total. The molecular weight excluding hydrogens is 635 g/mol. The van der Waals surface area contributed by atoms with Gasteiger partial charge in [0.05, 0.1) is 11.6 Å². The second-order valence-electron chi connectivity index (χ2n) is 14.0. The van der Waals surface area contributed by atoms with Gasteiger partial charge in [0, 0.05) is 29.1 Å². The van der Waals surface area contributed by atoms with Gasteiger partial charge in [0.25, 0.3) is 0 Å². The number of rotatable bonds is 5. The molecule has 1 saturated carbocycles. The van der Waals surface area contributed by atoms with Gasteiger partial charge in [-0.15, -0.1) is 0 Å². The van der Waals surface area contributed by atoms with E-state index < -0.39 is 52.8 Å². The smallest absolute Gasteiger partial charge is 0.475 e. The lowest BCUT2D eigenvalue weighted by molar-refractivity contribution is -0.192. The lowest BCUT2D eigenvalue weighted by Crippen LogP contribution is -2.49. The van der Waals surface area contributed by atoms with Gasteiger partial charge in [-0.3, -0.25) is 9.59 Å². The summed E-state index contributed by atoms with van der Waals surface area (Å²) in [6, 6.07) is 7.68. The number of aliphatic hydroxyl groups is 1. The van der Waals surface area contributed by atoms with Gasteiger partial charge in [-0.1, -0.05) is 50.6 Å². The third-order valence-corrected chi connectivity index (χ3v) is 9.44. The Morgan fingerprint density at radius 3 is 2.24 bits per heavy atom. The number of hydrogen-bond acceptors (Lipinski definition) is 5. The molecule has 1 saturated heterocycles. The summed E-state index contributed by atoms with van der Waals surface area (Å²) >= 11 is 6.27. The number of fused-ring (bicyclic) bond motifs is 2. The summed E-state index contributed by atoms with van der Waals surface area (Å²) in [7, 11) is 0. The summed E-state index contributed by atoms with van der Waals surface area (Å²) < 4.78 is 62.0. The van der Waals surface area contributed by atoms with Crippen LogP contribution in [0.15, 0.2) is 36.4 Å². The highest BCUT2D eigenvalue weighted by Gasteiger charge is 2.66. The fourth-order valence-corrected chi connectivity index (χ4v) is 7.29. The maximum absolute atomic E-state index is 15.6. The van der Waals surface area contributed by atoms with E-state index in [-0.39, 0.29) is 35.0 Å². The number of nitrogens with one attached hydrogen (secondary N) is 2. The maximum Gasteiger partial charge on any atom is 0.490 e. The zero-order valence-corrected chi connectivity index (χ0v) is 26.7. The van der Waals surface area contributed by atoms with Crippen LogP contribution in [-0.4, -0.2) is 51.7 Å². The lowest BCUT2D eigenvalue weighted by atomic mass is 9.62. The Kier molecular flexibility index (Phi) is 9.98. The third-order valence-electron chi connectivity index (χ3n) is 9.20. The van der Waals surface area contributed by atoms with Crippen molar-refractivity contribution in [2.45, 2.75) is 101 Å². The van der Waals surface area contributed by atoms with Gasteiger partial charge in [-0.05, 0) is 79.7 Å². The molecule has 2 aromatic carbocycles. The number of carboxylic acid groups (broad SMARTS) is 1. The zero-order chi connectivity index (χ0) is 34.4. The molecule has 5 rings (SSSR count). The number of carboxylic acids is 1. The van der Waals surface area contributed by atoms with E-state index in [4.69, 9.17) is 21.5 Å². The van der Waals surface area contributed by atoms with Crippen LogP contribution in [0.5, 0.6) is 0 Å². The third kappa shape index (κ3) is 7.23. The van der Waals surface area contributed by atoms with Crippen molar-refractivity contribution < 1.29 is 46.5 Å². The van der Waals surface area contributed by atoms with Gasteiger partial charge >= 0.3 is 12.1 Å². The maximum atomic E-state index is 15.6. The van der Waals surface area contributed by atoms with Crippen LogP contribution in [0.2, 0.25) is 5.02 Å². The van der Waals surface area contributed by atoms with Crippen LogP contribution in [0.1, 0.15) is 83.3 Å². The van der Waals surface area contributed by atoms with E-state index >= 15 is 4.39 Å². The molecule has 13 heteroatoms. The fraction of sp³-hybridized carbons (Fsp3) is 0.545. The van der Waals surface area contributed by atoms with Gasteiger partial charge in [0.1, 0.15) is 5.41 Å². The van der Waals surface area contributed by atoms with E-state index in [2.05, 4.69) is 31.4 Å². The molecule has 2 fully saturated rings. The number of hydrogen-bond donors (Lipinski definition) is 4. The normalized spacial score (nSPS) is 29.2. The Morgan fingerprint density at radius 2 is 1.67 bits per heavy atom. The highest BCUT2D eigenvalue weighted by atomic mass is 35.5. The highest BCUT2D eigenvalue weighted by Crippen LogP contribution is 2.57. The number of anilines is 1. The average Bonchev–Trinajstić information content (AvgIpc) is 3.40. The lowest BCUT2D eigenvalue weighted by Gasteiger charge is -2.38. The van der Waals surface area contributed by atoms with Gasteiger partial charge in [0.15, 0.2) is 17.4 Å². The quantitative estimate of drug-likeness (QED) is 0.257. The van der Waals surface area contributed by atoms with Crippen molar-refractivity contribution >= 4 is 34.9 Å². The molecule has 2 heterocycles. The Bertz CT molecular complexity index is 1500. The van der Waals surface area contributed by atoms with Crippen LogP contribution < -0.4 is 10.6 Å². The predicted octanol–water partition coefficient (Wildman–Crippen LogP) is 6.90. The number of amides is 1. The summed E-state index contributed by atoms with van der Waals surface area (Å²) in [5, 5.41) is 24.4. The Balaban J connectivity index is 0.000000617. The summed E-state index contributed by atoms with van der Waals surface area (Å²) in [6.45, 7) is 7.98. The van der Waals surface area contributed by atoms with Crippen molar-refractivity contribution in [2.24, 2.45) is 11.3 Å². The first kappa shape index (κ1) is 35.8. The van der Waals surface area contributed by atoms with E-state index in [1.807, 2.05) is 6.92 Å².